The van der Waals surface area contributed by atoms with E-state index in [1.807, 2.05) is 27.0 Å². The van der Waals surface area contributed by atoms with Crippen molar-refractivity contribution in [2.45, 2.75) is 37.0 Å². The van der Waals surface area contributed by atoms with Crippen molar-refractivity contribution in [3.63, 3.8) is 0 Å². The summed E-state index contributed by atoms with van der Waals surface area (Å²) >= 11 is 1.50. The molecule has 0 saturated heterocycles. The molecule has 3 N–H and O–H groups in total. The number of carbonyl (C=O) groups excluding carboxylic acids is 1. The van der Waals surface area contributed by atoms with Crippen LogP contribution in [0.4, 0.5) is 0 Å². The number of hydrazine groups is 1. The van der Waals surface area contributed by atoms with Gasteiger partial charge in [-0.3, -0.25) is 14.9 Å². The summed E-state index contributed by atoms with van der Waals surface area (Å²) in [4.78, 5) is 11.5. The van der Waals surface area contributed by atoms with Gasteiger partial charge >= 0.3 is 0 Å². The number of hydrogen-bond acceptors (Lipinski definition) is 4. The Labute approximate surface area is 99.7 Å². The fraction of sp³-hybridized carbons (Fsp3) is 0.600. The highest BCUT2D eigenvalue weighted by Crippen LogP contribution is 2.26. The summed E-state index contributed by atoms with van der Waals surface area (Å²) in [6.07, 6.45) is 1.75. The van der Waals surface area contributed by atoms with Crippen LogP contribution in [-0.4, -0.2) is 20.9 Å². The summed E-state index contributed by atoms with van der Waals surface area (Å²) in [5, 5.41) is 5.08. The zero-order valence-electron chi connectivity index (χ0n) is 9.86. The molecule has 0 aromatic carbocycles. The second-order valence-electron chi connectivity index (χ2n) is 3.65. The number of rotatable bonds is 5. The largest absolute Gasteiger partial charge is 0.293 e. The third-order valence-corrected chi connectivity index (χ3v) is 3.57. The monoisotopic (exact) mass is 242 g/mol. The molecule has 0 aliphatic rings. The van der Waals surface area contributed by atoms with Crippen molar-refractivity contribution in [3.8, 4) is 0 Å². The molecule has 6 heteroatoms. The van der Waals surface area contributed by atoms with E-state index in [1.54, 1.807) is 4.68 Å². The van der Waals surface area contributed by atoms with Gasteiger partial charge in [0.2, 0.25) is 5.91 Å². The summed E-state index contributed by atoms with van der Waals surface area (Å²) in [5.41, 5.74) is 3.16. The molecule has 1 unspecified atom stereocenters. The van der Waals surface area contributed by atoms with Gasteiger partial charge in [0.15, 0.2) is 0 Å². The van der Waals surface area contributed by atoms with Crippen LogP contribution >= 0.6 is 11.8 Å². The van der Waals surface area contributed by atoms with E-state index in [9.17, 15) is 4.79 Å². The quantitative estimate of drug-likeness (QED) is 0.349. The number of aromatic nitrogens is 2. The maximum Gasteiger partial charge on any atom is 0.247 e. The van der Waals surface area contributed by atoms with Gasteiger partial charge in [0.1, 0.15) is 0 Å². The summed E-state index contributed by atoms with van der Waals surface area (Å²) in [6, 6.07) is 1.97. The Hall–Kier alpha value is -1.01. The van der Waals surface area contributed by atoms with Gasteiger partial charge in [-0.25, -0.2) is 5.84 Å². The zero-order chi connectivity index (χ0) is 12.1. The predicted octanol–water partition coefficient (Wildman–Crippen LogP) is 0.979. The fourth-order valence-electron chi connectivity index (χ4n) is 1.44. The Morgan fingerprint density at radius 3 is 2.88 bits per heavy atom. The molecule has 0 bridgehead atoms. The maximum absolute atomic E-state index is 11.5. The van der Waals surface area contributed by atoms with Crippen LogP contribution in [0, 0.1) is 6.92 Å². The van der Waals surface area contributed by atoms with Crippen LogP contribution in [0.15, 0.2) is 11.1 Å². The molecule has 0 aliphatic carbocycles. The third kappa shape index (κ3) is 3.24. The van der Waals surface area contributed by atoms with Gasteiger partial charge in [-0.2, -0.15) is 5.10 Å². The smallest absolute Gasteiger partial charge is 0.247 e. The lowest BCUT2D eigenvalue weighted by Crippen LogP contribution is -2.37. The molecular formula is C10H18N4OS. The minimum atomic E-state index is -0.148. The molecule has 0 radical (unpaired) electrons. The minimum absolute atomic E-state index is 0.134. The third-order valence-electron chi connectivity index (χ3n) is 2.21. The molecular weight excluding hydrogens is 224 g/mol. The SMILES string of the molecule is CCCC(Sc1cc(C)nn1C)C(=O)NN. The average Bonchev–Trinajstić information content (AvgIpc) is 2.55. The second-order valence-corrected chi connectivity index (χ2v) is 4.87. The van der Waals surface area contributed by atoms with Crippen LogP contribution in [0.25, 0.3) is 0 Å². The van der Waals surface area contributed by atoms with E-state index in [4.69, 9.17) is 5.84 Å². The van der Waals surface area contributed by atoms with Gasteiger partial charge < -0.3 is 0 Å². The molecule has 1 heterocycles. The number of nitrogens with one attached hydrogen (secondary N) is 1. The van der Waals surface area contributed by atoms with Gasteiger partial charge in [-0.1, -0.05) is 25.1 Å². The van der Waals surface area contributed by atoms with Crippen molar-refractivity contribution in [2.75, 3.05) is 0 Å². The first-order valence-corrected chi connectivity index (χ1v) is 6.14. The van der Waals surface area contributed by atoms with Gasteiger partial charge in [-0.15, -0.1) is 0 Å². The number of carbonyl (C=O) groups is 1. The van der Waals surface area contributed by atoms with Crippen LogP contribution < -0.4 is 11.3 Å². The number of thioether (sulfide) groups is 1. The predicted molar refractivity (Wildman–Crippen MR) is 64.8 cm³/mol. The summed E-state index contributed by atoms with van der Waals surface area (Å²) in [6.45, 7) is 3.98. The Kier molecular flexibility index (Phi) is 4.82. The van der Waals surface area contributed by atoms with Crippen LogP contribution in [-0.2, 0) is 11.8 Å². The number of amides is 1. The normalized spacial score (nSPS) is 12.5. The maximum atomic E-state index is 11.5. The Morgan fingerprint density at radius 1 is 1.75 bits per heavy atom. The van der Waals surface area contributed by atoms with E-state index in [-0.39, 0.29) is 11.2 Å². The molecule has 16 heavy (non-hydrogen) atoms. The lowest BCUT2D eigenvalue weighted by Gasteiger charge is -2.13. The zero-order valence-corrected chi connectivity index (χ0v) is 10.7. The molecule has 1 rings (SSSR count). The molecule has 0 saturated carbocycles. The molecule has 0 aliphatic heterocycles. The fourth-order valence-corrected chi connectivity index (χ4v) is 2.69. The topological polar surface area (TPSA) is 72.9 Å². The van der Waals surface area contributed by atoms with E-state index in [2.05, 4.69) is 10.5 Å². The van der Waals surface area contributed by atoms with Crippen molar-refractivity contribution in [1.82, 2.24) is 15.2 Å². The second kappa shape index (κ2) is 5.91. The van der Waals surface area contributed by atoms with Gasteiger partial charge in [0, 0.05) is 7.05 Å². The average molecular weight is 242 g/mol. The lowest BCUT2D eigenvalue weighted by atomic mass is 10.2. The van der Waals surface area contributed by atoms with Crippen molar-refractivity contribution in [1.29, 1.82) is 0 Å². The number of aryl methyl sites for hydroxylation is 2. The summed E-state index contributed by atoms with van der Waals surface area (Å²) in [7, 11) is 1.87. The molecule has 1 aromatic heterocycles. The van der Waals surface area contributed by atoms with Crippen molar-refractivity contribution < 1.29 is 4.79 Å². The Bertz CT molecular complexity index is 364. The van der Waals surface area contributed by atoms with Crippen LogP contribution in [0.1, 0.15) is 25.5 Å². The summed E-state index contributed by atoms with van der Waals surface area (Å²) < 4.78 is 1.78. The van der Waals surface area contributed by atoms with Crippen LogP contribution in [0.2, 0.25) is 0 Å². The minimum Gasteiger partial charge on any atom is -0.293 e. The van der Waals surface area contributed by atoms with Crippen molar-refractivity contribution in [2.24, 2.45) is 12.9 Å². The molecule has 1 atom stereocenters. The van der Waals surface area contributed by atoms with E-state index in [0.29, 0.717) is 0 Å². The van der Waals surface area contributed by atoms with E-state index in [0.717, 1.165) is 23.6 Å². The van der Waals surface area contributed by atoms with Crippen LogP contribution in [0.5, 0.6) is 0 Å². The lowest BCUT2D eigenvalue weighted by molar-refractivity contribution is -0.120. The van der Waals surface area contributed by atoms with Crippen LogP contribution in [0.3, 0.4) is 0 Å². The van der Waals surface area contributed by atoms with Gasteiger partial charge in [-0.05, 0) is 19.4 Å². The van der Waals surface area contributed by atoms with E-state index in [1.165, 1.54) is 11.8 Å². The van der Waals surface area contributed by atoms with E-state index < -0.39 is 0 Å². The molecule has 1 aromatic rings. The number of hydrogen-bond donors (Lipinski definition) is 2. The highest BCUT2D eigenvalue weighted by Gasteiger charge is 2.19. The summed E-state index contributed by atoms with van der Waals surface area (Å²) in [5.74, 6) is 5.03. The molecule has 5 nitrogen and oxygen atoms in total. The van der Waals surface area contributed by atoms with Gasteiger partial charge in [0.05, 0.1) is 16.0 Å². The van der Waals surface area contributed by atoms with Crippen molar-refractivity contribution in [3.05, 3.63) is 11.8 Å². The first-order valence-electron chi connectivity index (χ1n) is 5.26. The Balaban J connectivity index is 2.75. The first kappa shape index (κ1) is 13.1. The van der Waals surface area contributed by atoms with Gasteiger partial charge in [0.25, 0.3) is 0 Å². The molecule has 90 valence electrons. The highest BCUT2D eigenvalue weighted by molar-refractivity contribution is 8.00. The van der Waals surface area contributed by atoms with Crippen molar-refractivity contribution >= 4 is 17.7 Å². The first-order chi connectivity index (χ1) is 7.58. The standard InChI is InChI=1S/C10H18N4OS/c1-4-5-8(10(15)12-11)16-9-6-7(2)13-14(9)3/h6,8H,4-5,11H2,1-3H3,(H,12,15). The molecule has 1 amide bonds. The van der Waals surface area contributed by atoms with E-state index >= 15 is 0 Å². The highest BCUT2D eigenvalue weighted by atomic mass is 32.2. The number of nitrogens with zero attached hydrogens (tertiary/aromatic N) is 2. The number of nitrogens with two attached hydrogens (primary N) is 1. The molecule has 0 fully saturated rings. The Morgan fingerprint density at radius 2 is 2.44 bits per heavy atom. The molecule has 0 spiro atoms.